The van der Waals surface area contributed by atoms with Gasteiger partial charge in [0.15, 0.2) is 0 Å². The van der Waals surface area contributed by atoms with Gasteiger partial charge < -0.3 is 15.2 Å². The highest BCUT2D eigenvalue weighted by Gasteiger charge is 2.37. The van der Waals surface area contributed by atoms with Gasteiger partial charge in [0.25, 0.3) is 11.8 Å². The molecule has 1 aromatic carbocycles. The Hall–Kier alpha value is -3.63. The van der Waals surface area contributed by atoms with E-state index in [1.54, 1.807) is 13.2 Å². The number of hydrogen-bond donors (Lipinski definition) is 3. The van der Waals surface area contributed by atoms with Crippen molar-refractivity contribution in [3.8, 4) is 0 Å². The fraction of sp³-hybridized carbons (Fsp3) is 0.280. The number of alkyl halides is 1. The summed E-state index contributed by atoms with van der Waals surface area (Å²) in [5.41, 5.74) is 1.91. The van der Waals surface area contributed by atoms with E-state index in [2.05, 4.69) is 15.6 Å². The van der Waals surface area contributed by atoms with Gasteiger partial charge in [-0.15, -0.1) is 11.3 Å². The molecule has 2 amide bonds. The number of anilines is 1. The van der Waals surface area contributed by atoms with Crippen LogP contribution in [0.4, 0.5) is 10.3 Å². The van der Waals surface area contributed by atoms with Crippen LogP contribution in [0.2, 0.25) is 0 Å². The topological polar surface area (TPSA) is 103 Å². The molecule has 0 radical (unpaired) electrons. The van der Waals surface area contributed by atoms with Crippen molar-refractivity contribution < 1.29 is 14.0 Å². The van der Waals surface area contributed by atoms with Crippen molar-refractivity contribution in [2.75, 3.05) is 31.6 Å². The molecule has 2 aliphatic rings. The number of carbonyl (C=O) groups is 2. The number of aromatic amines is 1. The van der Waals surface area contributed by atoms with Crippen molar-refractivity contribution in [2.45, 2.75) is 18.5 Å². The highest BCUT2D eigenvalue weighted by Crippen LogP contribution is 2.39. The third-order valence-electron chi connectivity index (χ3n) is 6.75. The number of nitrogens with one attached hydrogen (secondary N) is 3. The molecule has 0 spiro atoms. The van der Waals surface area contributed by atoms with Gasteiger partial charge in [0.05, 0.1) is 32.6 Å². The number of amides is 2. The van der Waals surface area contributed by atoms with Crippen LogP contribution in [0.5, 0.6) is 0 Å². The fourth-order valence-corrected chi connectivity index (χ4v) is 5.85. The number of hydrogen-bond acceptors (Lipinski definition) is 7. The SMILES string of the molecule is CNCC1(F)CCN(c2nc(C3=C(c4c[nH]c5ccsc45)C(=O)NC3=O)c3ccccc3n2)CC1. The lowest BCUT2D eigenvalue weighted by Crippen LogP contribution is -2.47. The Morgan fingerprint density at radius 1 is 1.11 bits per heavy atom. The van der Waals surface area contributed by atoms with Crippen molar-refractivity contribution >= 4 is 61.4 Å². The molecule has 3 N–H and O–H groups in total. The average molecular weight is 491 g/mol. The van der Waals surface area contributed by atoms with Gasteiger partial charge >= 0.3 is 0 Å². The summed E-state index contributed by atoms with van der Waals surface area (Å²) >= 11 is 1.50. The van der Waals surface area contributed by atoms with Crippen LogP contribution in [0.1, 0.15) is 24.1 Å². The third kappa shape index (κ3) is 3.60. The summed E-state index contributed by atoms with van der Waals surface area (Å²) in [6, 6.07) is 9.37. The normalized spacial score (nSPS) is 18.2. The molecule has 1 saturated heterocycles. The maximum absolute atomic E-state index is 15.0. The Kier molecular flexibility index (Phi) is 5.15. The largest absolute Gasteiger partial charge is 0.360 e. The van der Waals surface area contributed by atoms with Gasteiger partial charge in [-0.3, -0.25) is 14.9 Å². The maximum Gasteiger partial charge on any atom is 0.261 e. The molecule has 0 unspecified atom stereocenters. The molecule has 1 fully saturated rings. The van der Waals surface area contributed by atoms with Crippen LogP contribution < -0.4 is 15.5 Å². The molecule has 0 saturated carbocycles. The van der Waals surface area contributed by atoms with Crippen LogP contribution in [-0.4, -0.2) is 59.1 Å². The quantitative estimate of drug-likeness (QED) is 0.371. The number of imide groups is 1. The monoisotopic (exact) mass is 490 g/mol. The first-order chi connectivity index (χ1) is 17.0. The van der Waals surface area contributed by atoms with Crippen LogP contribution in [0.15, 0.2) is 41.9 Å². The van der Waals surface area contributed by atoms with E-state index in [1.807, 2.05) is 40.6 Å². The second-order valence-corrected chi connectivity index (χ2v) is 9.87. The number of para-hydroxylation sites is 1. The Balaban J connectivity index is 1.51. The molecule has 35 heavy (non-hydrogen) atoms. The molecule has 4 aromatic rings. The average Bonchev–Trinajstić information content (AvgIpc) is 3.53. The summed E-state index contributed by atoms with van der Waals surface area (Å²) in [7, 11) is 1.75. The summed E-state index contributed by atoms with van der Waals surface area (Å²) in [6.45, 7) is 1.22. The van der Waals surface area contributed by atoms with E-state index < -0.39 is 17.5 Å². The lowest BCUT2D eigenvalue weighted by atomic mass is 9.93. The maximum atomic E-state index is 15.0. The van der Waals surface area contributed by atoms with Crippen molar-refractivity contribution in [1.29, 1.82) is 0 Å². The Bertz CT molecular complexity index is 1510. The van der Waals surface area contributed by atoms with E-state index in [9.17, 15) is 9.59 Å². The molecular weight excluding hydrogens is 467 g/mol. The van der Waals surface area contributed by atoms with E-state index in [4.69, 9.17) is 9.97 Å². The lowest BCUT2D eigenvalue weighted by Gasteiger charge is -2.36. The second-order valence-electron chi connectivity index (χ2n) is 8.96. The first-order valence-corrected chi connectivity index (χ1v) is 12.4. The number of halogens is 1. The molecular formula is C25H23FN6O2S. The van der Waals surface area contributed by atoms with Crippen molar-refractivity contribution in [3.05, 3.63) is 53.2 Å². The van der Waals surface area contributed by atoms with Gasteiger partial charge in [0.1, 0.15) is 5.67 Å². The number of carbonyl (C=O) groups excluding carboxylic acids is 2. The molecule has 5 heterocycles. The summed E-state index contributed by atoms with van der Waals surface area (Å²) in [4.78, 5) is 40.8. The minimum Gasteiger partial charge on any atom is -0.360 e. The van der Waals surface area contributed by atoms with Crippen molar-refractivity contribution in [1.82, 2.24) is 25.6 Å². The molecule has 6 rings (SSSR count). The number of nitrogens with zero attached hydrogens (tertiary/aromatic N) is 3. The summed E-state index contributed by atoms with van der Waals surface area (Å²) in [5.74, 6) is -0.503. The van der Waals surface area contributed by atoms with Crippen LogP contribution in [-0.2, 0) is 9.59 Å². The Morgan fingerprint density at radius 3 is 2.69 bits per heavy atom. The zero-order valence-electron chi connectivity index (χ0n) is 19.0. The van der Waals surface area contributed by atoms with Gasteiger partial charge in [-0.05, 0) is 24.6 Å². The fourth-order valence-electron chi connectivity index (χ4n) is 4.97. The third-order valence-corrected chi connectivity index (χ3v) is 7.69. The first-order valence-electron chi connectivity index (χ1n) is 11.5. The Morgan fingerprint density at radius 2 is 1.89 bits per heavy atom. The molecule has 0 atom stereocenters. The minimum absolute atomic E-state index is 0.233. The molecule has 0 aliphatic carbocycles. The molecule has 10 heteroatoms. The van der Waals surface area contributed by atoms with Gasteiger partial charge in [-0.25, -0.2) is 14.4 Å². The van der Waals surface area contributed by atoms with E-state index in [-0.39, 0.29) is 5.57 Å². The van der Waals surface area contributed by atoms with Crippen LogP contribution >= 0.6 is 11.3 Å². The molecule has 3 aromatic heterocycles. The second kappa shape index (κ2) is 8.24. The van der Waals surface area contributed by atoms with Gasteiger partial charge in [0.2, 0.25) is 5.95 Å². The van der Waals surface area contributed by atoms with Crippen molar-refractivity contribution in [2.24, 2.45) is 0 Å². The predicted molar refractivity (Wildman–Crippen MR) is 135 cm³/mol. The van der Waals surface area contributed by atoms with Gasteiger partial charge in [0, 0.05) is 49.6 Å². The zero-order valence-corrected chi connectivity index (χ0v) is 19.8. The lowest BCUT2D eigenvalue weighted by molar-refractivity contribution is -0.122. The molecule has 2 aliphatic heterocycles. The highest BCUT2D eigenvalue weighted by atomic mass is 32.1. The van der Waals surface area contributed by atoms with E-state index >= 15 is 4.39 Å². The number of aromatic nitrogens is 3. The highest BCUT2D eigenvalue weighted by molar-refractivity contribution is 7.17. The van der Waals surface area contributed by atoms with E-state index in [0.29, 0.717) is 66.2 Å². The van der Waals surface area contributed by atoms with Gasteiger partial charge in [-0.1, -0.05) is 18.2 Å². The number of H-pyrrole nitrogens is 1. The van der Waals surface area contributed by atoms with Crippen LogP contribution in [0.25, 0.3) is 32.3 Å². The summed E-state index contributed by atoms with van der Waals surface area (Å²) in [5, 5.41) is 8.01. The number of rotatable bonds is 5. The van der Waals surface area contributed by atoms with E-state index in [1.165, 1.54) is 11.3 Å². The number of piperidine rings is 1. The van der Waals surface area contributed by atoms with E-state index in [0.717, 1.165) is 10.2 Å². The number of benzene rings is 1. The van der Waals surface area contributed by atoms with Crippen LogP contribution in [0.3, 0.4) is 0 Å². The smallest absolute Gasteiger partial charge is 0.261 e. The summed E-state index contributed by atoms with van der Waals surface area (Å²) in [6.07, 6.45) is 2.46. The number of thiophene rings is 1. The van der Waals surface area contributed by atoms with Crippen LogP contribution in [0, 0.1) is 0 Å². The van der Waals surface area contributed by atoms with Crippen molar-refractivity contribution in [3.63, 3.8) is 0 Å². The first kappa shape index (κ1) is 21.9. The minimum atomic E-state index is -1.27. The molecule has 8 nitrogen and oxygen atoms in total. The molecule has 178 valence electrons. The number of fused-ring (bicyclic) bond motifs is 2. The van der Waals surface area contributed by atoms with Gasteiger partial charge in [-0.2, -0.15) is 0 Å². The molecule has 0 bridgehead atoms. The zero-order chi connectivity index (χ0) is 24.2. The standard InChI is InChI=1S/C25H23FN6O2S/c1-27-13-25(26)7-9-32(10-8-25)24-29-16-5-3-2-4-14(16)20(30-24)19-18(22(33)31-23(19)34)15-12-28-17-6-11-35-21(15)17/h2-6,11-12,27-28H,7-10,13H2,1H3,(H,31,33,34). The Labute approximate surface area is 204 Å². The summed E-state index contributed by atoms with van der Waals surface area (Å²) < 4.78 is 15.9. The predicted octanol–water partition coefficient (Wildman–Crippen LogP) is 3.27.